The van der Waals surface area contributed by atoms with E-state index >= 15 is 0 Å². The monoisotopic (exact) mass is 366 g/mol. The maximum absolute atomic E-state index is 12.6. The fraction of sp³-hybridized carbons (Fsp3) is 0.364. The van der Waals surface area contributed by atoms with Gasteiger partial charge in [0.2, 0.25) is 5.91 Å². The average Bonchev–Trinajstić information content (AvgIpc) is 3.05. The Morgan fingerprint density at radius 1 is 1.07 bits per heavy atom. The first-order chi connectivity index (χ1) is 12.8. The molecule has 2 amide bonds. The molecule has 2 aromatic rings. The minimum Gasteiger partial charge on any atom is -0.491 e. The molecule has 0 aliphatic carbocycles. The Hall–Kier alpha value is -2.82. The molecule has 0 bridgehead atoms. The van der Waals surface area contributed by atoms with Crippen LogP contribution in [0.25, 0.3) is 0 Å². The van der Waals surface area contributed by atoms with Gasteiger partial charge < -0.3 is 15.0 Å². The summed E-state index contributed by atoms with van der Waals surface area (Å²) in [7, 11) is 0. The summed E-state index contributed by atoms with van der Waals surface area (Å²) < 4.78 is 5.65. The molecule has 0 radical (unpaired) electrons. The van der Waals surface area contributed by atoms with E-state index in [9.17, 15) is 9.59 Å². The maximum atomic E-state index is 12.6. The number of carbonyl (C=O) groups excluding carboxylic acids is 2. The van der Waals surface area contributed by atoms with Gasteiger partial charge in [-0.1, -0.05) is 12.1 Å². The predicted octanol–water partition coefficient (Wildman–Crippen LogP) is 3.87. The third-order valence-corrected chi connectivity index (χ3v) is 4.72. The van der Waals surface area contributed by atoms with Crippen molar-refractivity contribution in [3.8, 4) is 5.75 Å². The molecule has 0 fully saturated rings. The lowest BCUT2D eigenvalue weighted by atomic mass is 10.1. The molecule has 3 rings (SSSR count). The zero-order valence-corrected chi connectivity index (χ0v) is 16.3. The molecule has 1 aliphatic rings. The number of fused-ring (bicyclic) bond motifs is 1. The lowest BCUT2D eigenvalue weighted by Crippen LogP contribution is -2.27. The van der Waals surface area contributed by atoms with Crippen molar-refractivity contribution in [2.24, 2.45) is 0 Å². The first kappa shape index (κ1) is 19.0. The van der Waals surface area contributed by atoms with E-state index in [1.54, 1.807) is 17.9 Å². The smallest absolute Gasteiger partial charge is 0.251 e. The van der Waals surface area contributed by atoms with E-state index < -0.39 is 0 Å². The highest BCUT2D eigenvalue weighted by Crippen LogP contribution is 2.29. The van der Waals surface area contributed by atoms with Crippen molar-refractivity contribution >= 4 is 17.5 Å². The molecule has 0 saturated heterocycles. The van der Waals surface area contributed by atoms with Crippen LogP contribution in [0.15, 0.2) is 42.5 Å². The first-order valence-electron chi connectivity index (χ1n) is 9.33. The Balaban J connectivity index is 1.67. The van der Waals surface area contributed by atoms with Crippen molar-refractivity contribution in [3.05, 3.63) is 59.2 Å². The largest absolute Gasteiger partial charge is 0.491 e. The molecule has 0 aromatic heterocycles. The summed E-state index contributed by atoms with van der Waals surface area (Å²) in [6.45, 7) is 8.18. The van der Waals surface area contributed by atoms with Gasteiger partial charge in [0.05, 0.1) is 12.1 Å². The van der Waals surface area contributed by atoms with Crippen molar-refractivity contribution in [1.82, 2.24) is 5.32 Å². The van der Waals surface area contributed by atoms with Crippen LogP contribution in [0, 0.1) is 0 Å². The summed E-state index contributed by atoms with van der Waals surface area (Å²) in [4.78, 5) is 26.0. The minimum absolute atomic E-state index is 0.0319. The van der Waals surface area contributed by atoms with Crippen LogP contribution in [-0.2, 0) is 11.2 Å². The number of nitrogens with one attached hydrogen (secondary N) is 1. The quantitative estimate of drug-likeness (QED) is 0.874. The van der Waals surface area contributed by atoms with Gasteiger partial charge in [0.15, 0.2) is 0 Å². The van der Waals surface area contributed by atoms with E-state index in [4.69, 9.17) is 4.74 Å². The van der Waals surface area contributed by atoms with Crippen LogP contribution in [0.3, 0.4) is 0 Å². The van der Waals surface area contributed by atoms with Crippen LogP contribution in [-0.4, -0.2) is 24.5 Å². The predicted molar refractivity (Wildman–Crippen MR) is 106 cm³/mol. The maximum Gasteiger partial charge on any atom is 0.251 e. The van der Waals surface area contributed by atoms with E-state index in [0.29, 0.717) is 12.1 Å². The van der Waals surface area contributed by atoms with E-state index in [-0.39, 0.29) is 24.0 Å². The Bertz CT molecular complexity index is 843. The third kappa shape index (κ3) is 4.30. The Kier molecular flexibility index (Phi) is 5.49. The standard InChI is InChI=1S/C22H26N2O3/c1-14(2)27-20-8-5-17(6-9-20)15(3)23-22(26)19-7-10-21-18(13-19)11-12-24(21)16(4)25/h5-10,13-15H,11-12H2,1-4H3,(H,23,26). The SMILES string of the molecule is CC(=O)N1CCc2cc(C(=O)NC(C)c3ccc(OC(C)C)cc3)ccc21. The number of hydrogen-bond donors (Lipinski definition) is 1. The second-order valence-corrected chi connectivity index (χ2v) is 7.19. The number of amides is 2. The van der Waals surface area contributed by atoms with Gasteiger partial charge in [-0.15, -0.1) is 0 Å². The highest BCUT2D eigenvalue weighted by Gasteiger charge is 2.23. The molecule has 2 aromatic carbocycles. The number of hydrogen-bond acceptors (Lipinski definition) is 3. The summed E-state index contributed by atoms with van der Waals surface area (Å²) in [5, 5.41) is 3.04. The van der Waals surface area contributed by atoms with Gasteiger partial charge in [-0.2, -0.15) is 0 Å². The van der Waals surface area contributed by atoms with Crippen molar-refractivity contribution in [2.75, 3.05) is 11.4 Å². The zero-order chi connectivity index (χ0) is 19.6. The second-order valence-electron chi connectivity index (χ2n) is 7.19. The fourth-order valence-electron chi connectivity index (χ4n) is 3.34. The molecule has 1 atom stereocenters. The molecule has 1 heterocycles. The van der Waals surface area contributed by atoms with Gasteiger partial charge in [0, 0.05) is 24.7 Å². The van der Waals surface area contributed by atoms with Gasteiger partial charge in [-0.25, -0.2) is 0 Å². The Morgan fingerprint density at radius 2 is 1.78 bits per heavy atom. The fourth-order valence-corrected chi connectivity index (χ4v) is 3.34. The second kappa shape index (κ2) is 7.82. The van der Waals surface area contributed by atoms with Crippen molar-refractivity contribution < 1.29 is 14.3 Å². The summed E-state index contributed by atoms with van der Waals surface area (Å²) >= 11 is 0. The molecule has 142 valence electrons. The Morgan fingerprint density at radius 3 is 2.41 bits per heavy atom. The number of rotatable bonds is 5. The van der Waals surface area contributed by atoms with E-state index in [1.807, 2.05) is 57.2 Å². The van der Waals surface area contributed by atoms with Crippen LogP contribution in [0.4, 0.5) is 5.69 Å². The van der Waals surface area contributed by atoms with Gasteiger partial charge >= 0.3 is 0 Å². The lowest BCUT2D eigenvalue weighted by molar-refractivity contribution is -0.116. The summed E-state index contributed by atoms with van der Waals surface area (Å²) in [6, 6.07) is 13.2. The van der Waals surface area contributed by atoms with Crippen molar-refractivity contribution in [1.29, 1.82) is 0 Å². The molecule has 0 saturated carbocycles. The highest BCUT2D eigenvalue weighted by atomic mass is 16.5. The van der Waals surface area contributed by atoms with Gasteiger partial charge in [-0.3, -0.25) is 9.59 Å². The van der Waals surface area contributed by atoms with Crippen LogP contribution in [0.1, 0.15) is 55.2 Å². The summed E-state index contributed by atoms with van der Waals surface area (Å²) in [5.74, 6) is 0.736. The third-order valence-electron chi connectivity index (χ3n) is 4.72. The molecular formula is C22H26N2O3. The normalized spacial score (nSPS) is 14.0. The summed E-state index contributed by atoms with van der Waals surface area (Å²) in [6.07, 6.45) is 0.912. The van der Waals surface area contributed by atoms with Crippen LogP contribution < -0.4 is 15.0 Å². The van der Waals surface area contributed by atoms with Crippen LogP contribution in [0.5, 0.6) is 5.75 Å². The van der Waals surface area contributed by atoms with Crippen molar-refractivity contribution in [2.45, 2.75) is 46.3 Å². The first-order valence-corrected chi connectivity index (χ1v) is 9.33. The summed E-state index contributed by atoms with van der Waals surface area (Å²) in [5.41, 5.74) is 3.59. The van der Waals surface area contributed by atoms with Crippen LogP contribution >= 0.6 is 0 Å². The minimum atomic E-state index is -0.118. The molecule has 1 unspecified atom stereocenters. The highest BCUT2D eigenvalue weighted by molar-refractivity contribution is 5.98. The average molecular weight is 366 g/mol. The molecule has 5 nitrogen and oxygen atoms in total. The molecule has 27 heavy (non-hydrogen) atoms. The number of anilines is 1. The molecule has 0 spiro atoms. The number of nitrogens with zero attached hydrogens (tertiary/aromatic N) is 1. The van der Waals surface area contributed by atoms with E-state index in [0.717, 1.165) is 29.0 Å². The molecule has 5 heteroatoms. The number of benzene rings is 2. The Labute approximate surface area is 160 Å². The number of carbonyl (C=O) groups is 2. The molecule has 1 N–H and O–H groups in total. The lowest BCUT2D eigenvalue weighted by Gasteiger charge is -2.17. The van der Waals surface area contributed by atoms with E-state index in [2.05, 4.69) is 5.32 Å². The van der Waals surface area contributed by atoms with Gasteiger partial charge in [-0.05, 0) is 68.7 Å². The zero-order valence-electron chi connectivity index (χ0n) is 16.3. The van der Waals surface area contributed by atoms with E-state index in [1.165, 1.54) is 0 Å². The molecular weight excluding hydrogens is 340 g/mol. The topological polar surface area (TPSA) is 58.6 Å². The number of ether oxygens (including phenoxy) is 1. The molecule has 1 aliphatic heterocycles. The van der Waals surface area contributed by atoms with Crippen molar-refractivity contribution in [3.63, 3.8) is 0 Å². The van der Waals surface area contributed by atoms with Gasteiger partial charge in [0.1, 0.15) is 5.75 Å². The van der Waals surface area contributed by atoms with Crippen LogP contribution in [0.2, 0.25) is 0 Å². The van der Waals surface area contributed by atoms with Gasteiger partial charge in [0.25, 0.3) is 5.91 Å².